The minimum absolute atomic E-state index is 0.0177. The van der Waals surface area contributed by atoms with Crippen molar-refractivity contribution in [2.75, 3.05) is 6.61 Å². The van der Waals surface area contributed by atoms with E-state index in [0.29, 0.717) is 6.61 Å². The maximum absolute atomic E-state index is 6.47. The number of nitrogens with zero attached hydrogens (tertiary/aromatic N) is 2. The Balaban J connectivity index is 3.08. The van der Waals surface area contributed by atoms with Crippen molar-refractivity contribution < 1.29 is 4.74 Å². The van der Waals surface area contributed by atoms with Crippen LogP contribution in [0, 0.1) is 5.41 Å². The Morgan fingerprint density at radius 2 is 2.05 bits per heavy atom. The topological polar surface area (TPSA) is 53.1 Å². The normalized spacial score (nSPS) is 15.5. The highest BCUT2D eigenvalue weighted by Crippen LogP contribution is 2.34. The van der Waals surface area contributed by atoms with E-state index in [9.17, 15) is 0 Å². The zero-order chi connectivity index (χ0) is 14.6. The molecule has 110 valence electrons. The van der Waals surface area contributed by atoms with E-state index in [4.69, 9.17) is 10.5 Å². The zero-order valence-corrected chi connectivity index (χ0v) is 14.2. The van der Waals surface area contributed by atoms with Gasteiger partial charge in [0.05, 0.1) is 28.5 Å². The van der Waals surface area contributed by atoms with E-state index < -0.39 is 0 Å². The highest BCUT2D eigenvalue weighted by Gasteiger charge is 2.34. The van der Waals surface area contributed by atoms with E-state index in [1.165, 1.54) is 0 Å². The molecule has 19 heavy (non-hydrogen) atoms. The molecule has 2 unspecified atom stereocenters. The predicted molar refractivity (Wildman–Crippen MR) is 82.0 cm³/mol. The van der Waals surface area contributed by atoms with Crippen LogP contribution in [0.5, 0.6) is 0 Å². The number of aromatic nitrogens is 2. The lowest BCUT2D eigenvalue weighted by atomic mass is 9.83. The van der Waals surface area contributed by atoms with Crippen molar-refractivity contribution in [3.05, 3.63) is 16.4 Å². The van der Waals surface area contributed by atoms with Crippen LogP contribution in [-0.2, 0) is 11.3 Å². The second kappa shape index (κ2) is 6.86. The summed E-state index contributed by atoms with van der Waals surface area (Å²) in [5.41, 5.74) is 7.48. The van der Waals surface area contributed by atoms with Gasteiger partial charge in [-0.05, 0) is 34.7 Å². The minimum Gasteiger partial charge on any atom is -0.376 e. The van der Waals surface area contributed by atoms with Crippen LogP contribution < -0.4 is 5.73 Å². The number of hydrogen-bond donors (Lipinski definition) is 1. The summed E-state index contributed by atoms with van der Waals surface area (Å²) in [7, 11) is 0. The van der Waals surface area contributed by atoms with Crippen LogP contribution in [-0.4, -0.2) is 22.5 Å². The van der Waals surface area contributed by atoms with Crippen molar-refractivity contribution in [2.24, 2.45) is 11.1 Å². The summed E-state index contributed by atoms with van der Waals surface area (Å²) in [6.45, 7) is 12.1. The molecular formula is C14H26BrN3O. The number of ether oxygens (including phenoxy) is 1. The molecule has 1 aromatic heterocycles. The summed E-state index contributed by atoms with van der Waals surface area (Å²) in [4.78, 5) is 0. The molecule has 5 heteroatoms. The Morgan fingerprint density at radius 1 is 1.42 bits per heavy atom. The van der Waals surface area contributed by atoms with E-state index >= 15 is 0 Å². The summed E-state index contributed by atoms with van der Waals surface area (Å²) < 4.78 is 8.83. The highest BCUT2D eigenvalue weighted by atomic mass is 79.9. The SMILES string of the molecule is CCCn1ncc(Br)c1C(N)C(OCC)C(C)(C)C. The Labute approximate surface area is 124 Å². The Hall–Kier alpha value is -0.390. The molecule has 1 heterocycles. The molecule has 0 bridgehead atoms. The van der Waals surface area contributed by atoms with Crippen molar-refractivity contribution in [2.45, 2.75) is 59.7 Å². The quantitative estimate of drug-likeness (QED) is 0.867. The van der Waals surface area contributed by atoms with Crippen LogP contribution in [0.25, 0.3) is 0 Å². The maximum atomic E-state index is 6.47. The van der Waals surface area contributed by atoms with Gasteiger partial charge in [-0.3, -0.25) is 4.68 Å². The first-order chi connectivity index (χ1) is 8.82. The van der Waals surface area contributed by atoms with Gasteiger partial charge in [0.2, 0.25) is 0 Å². The fraction of sp³-hybridized carbons (Fsp3) is 0.786. The number of aryl methyl sites for hydroxylation is 1. The second-order valence-electron chi connectivity index (χ2n) is 5.87. The summed E-state index contributed by atoms with van der Waals surface area (Å²) in [6.07, 6.45) is 2.81. The van der Waals surface area contributed by atoms with E-state index in [0.717, 1.165) is 23.1 Å². The molecule has 0 aliphatic carbocycles. The van der Waals surface area contributed by atoms with Gasteiger partial charge in [-0.25, -0.2) is 0 Å². The van der Waals surface area contributed by atoms with Gasteiger partial charge in [0.15, 0.2) is 0 Å². The van der Waals surface area contributed by atoms with Crippen LogP contribution in [0.1, 0.15) is 52.8 Å². The van der Waals surface area contributed by atoms with Gasteiger partial charge >= 0.3 is 0 Å². The van der Waals surface area contributed by atoms with Gasteiger partial charge in [0.25, 0.3) is 0 Å². The molecule has 1 rings (SSSR count). The van der Waals surface area contributed by atoms with Crippen molar-refractivity contribution in [1.82, 2.24) is 9.78 Å². The van der Waals surface area contributed by atoms with Crippen LogP contribution in [0.2, 0.25) is 0 Å². The number of hydrogen-bond acceptors (Lipinski definition) is 3. The van der Waals surface area contributed by atoms with Crippen molar-refractivity contribution in [1.29, 1.82) is 0 Å². The van der Waals surface area contributed by atoms with E-state index in [2.05, 4.69) is 48.7 Å². The Bertz CT molecular complexity index is 398. The summed E-state index contributed by atoms with van der Waals surface area (Å²) in [5.74, 6) is 0. The molecule has 0 fully saturated rings. The van der Waals surface area contributed by atoms with Gasteiger partial charge < -0.3 is 10.5 Å². The monoisotopic (exact) mass is 331 g/mol. The minimum atomic E-state index is -0.191. The lowest BCUT2D eigenvalue weighted by Gasteiger charge is -2.35. The van der Waals surface area contributed by atoms with Gasteiger partial charge in [-0.15, -0.1) is 0 Å². The summed E-state index contributed by atoms with van der Waals surface area (Å²) in [6, 6.07) is -0.191. The second-order valence-corrected chi connectivity index (χ2v) is 6.72. The fourth-order valence-electron chi connectivity index (χ4n) is 2.31. The standard InChI is InChI=1S/C14H26BrN3O/c1-6-8-18-12(10(15)9-17-18)11(16)13(19-7-2)14(3,4)5/h9,11,13H,6-8,16H2,1-5H3. The number of rotatable bonds is 6. The Morgan fingerprint density at radius 3 is 2.53 bits per heavy atom. The molecule has 0 aliphatic heterocycles. The molecule has 0 aromatic carbocycles. The molecule has 2 atom stereocenters. The lowest BCUT2D eigenvalue weighted by Crippen LogP contribution is -2.40. The fourth-order valence-corrected chi connectivity index (χ4v) is 2.87. The molecule has 0 spiro atoms. The van der Waals surface area contributed by atoms with Gasteiger partial charge in [0.1, 0.15) is 0 Å². The molecule has 1 aromatic rings. The van der Waals surface area contributed by atoms with Crippen molar-refractivity contribution >= 4 is 15.9 Å². The molecule has 0 saturated carbocycles. The largest absolute Gasteiger partial charge is 0.376 e. The van der Waals surface area contributed by atoms with E-state index in [1.807, 2.05) is 17.8 Å². The third-order valence-electron chi connectivity index (χ3n) is 3.11. The first-order valence-corrected chi connectivity index (χ1v) is 7.70. The maximum Gasteiger partial charge on any atom is 0.0831 e. The molecule has 0 amide bonds. The molecule has 0 aliphatic rings. The number of nitrogens with two attached hydrogens (primary N) is 1. The zero-order valence-electron chi connectivity index (χ0n) is 12.6. The number of halogens is 1. The average Bonchev–Trinajstić information content (AvgIpc) is 2.66. The smallest absolute Gasteiger partial charge is 0.0831 e. The van der Waals surface area contributed by atoms with Gasteiger partial charge in [-0.1, -0.05) is 27.7 Å². The first kappa shape index (κ1) is 16.7. The third-order valence-corrected chi connectivity index (χ3v) is 3.72. The van der Waals surface area contributed by atoms with Crippen molar-refractivity contribution in [3.63, 3.8) is 0 Å². The van der Waals surface area contributed by atoms with Crippen LogP contribution in [0.4, 0.5) is 0 Å². The van der Waals surface area contributed by atoms with Gasteiger partial charge in [-0.2, -0.15) is 5.10 Å². The molecule has 2 N–H and O–H groups in total. The molecule has 4 nitrogen and oxygen atoms in total. The third kappa shape index (κ3) is 4.04. The van der Waals surface area contributed by atoms with Crippen LogP contribution in [0.15, 0.2) is 10.7 Å². The molecule has 0 saturated heterocycles. The van der Waals surface area contributed by atoms with Crippen LogP contribution >= 0.6 is 15.9 Å². The van der Waals surface area contributed by atoms with Crippen molar-refractivity contribution in [3.8, 4) is 0 Å². The van der Waals surface area contributed by atoms with E-state index in [-0.39, 0.29) is 17.6 Å². The highest BCUT2D eigenvalue weighted by molar-refractivity contribution is 9.10. The predicted octanol–water partition coefficient (Wildman–Crippen LogP) is 3.51. The average molecular weight is 332 g/mol. The van der Waals surface area contributed by atoms with Crippen LogP contribution in [0.3, 0.4) is 0 Å². The lowest BCUT2D eigenvalue weighted by molar-refractivity contribution is -0.0300. The van der Waals surface area contributed by atoms with Gasteiger partial charge in [0, 0.05) is 13.2 Å². The summed E-state index contributed by atoms with van der Waals surface area (Å²) >= 11 is 3.56. The van der Waals surface area contributed by atoms with E-state index in [1.54, 1.807) is 0 Å². The molecule has 0 radical (unpaired) electrons. The Kier molecular flexibility index (Phi) is 6.02. The first-order valence-electron chi connectivity index (χ1n) is 6.91. The summed E-state index contributed by atoms with van der Waals surface area (Å²) in [5, 5.41) is 4.39. The molecular weight excluding hydrogens is 306 g/mol.